The van der Waals surface area contributed by atoms with Crippen molar-refractivity contribution in [3.05, 3.63) is 82.9 Å². The molecule has 41 heavy (non-hydrogen) atoms. The minimum absolute atomic E-state index is 0. The van der Waals surface area contributed by atoms with Crippen molar-refractivity contribution in [3.63, 3.8) is 0 Å². The molecule has 0 bridgehead atoms. The van der Waals surface area contributed by atoms with Crippen molar-refractivity contribution in [2.45, 2.75) is 88.9 Å². The van der Waals surface area contributed by atoms with Crippen LogP contribution in [0.15, 0.2) is 70.5 Å². The van der Waals surface area contributed by atoms with Crippen molar-refractivity contribution in [2.24, 2.45) is 0 Å². The van der Waals surface area contributed by atoms with E-state index in [4.69, 9.17) is 0 Å². The minimum Gasteiger partial charge on any atom is -0.744 e. The molecule has 0 radical (unpaired) electrons. The van der Waals surface area contributed by atoms with Crippen molar-refractivity contribution in [2.75, 3.05) is 0 Å². The molecule has 0 atom stereocenters. The van der Waals surface area contributed by atoms with Crippen molar-refractivity contribution in [3.8, 4) is 0 Å². The zero-order valence-corrected chi connectivity index (χ0v) is 28.2. The molecule has 0 saturated carbocycles. The van der Waals surface area contributed by atoms with E-state index in [1.54, 1.807) is 0 Å². The SMILES string of the molecule is CCCc1cc(S(=O)(=O)[O-])cc2c(CCC)cccc12.CCCc1cc(S(=O)(=O)[O-])cc2c(CCC)cccc12.[Ca+2]. The van der Waals surface area contributed by atoms with Crippen molar-refractivity contribution in [1.82, 2.24) is 0 Å². The maximum atomic E-state index is 11.3. The van der Waals surface area contributed by atoms with Gasteiger partial charge in [-0.05, 0) is 93.7 Å². The van der Waals surface area contributed by atoms with Gasteiger partial charge in [-0.15, -0.1) is 0 Å². The second kappa shape index (κ2) is 15.8. The van der Waals surface area contributed by atoms with Gasteiger partial charge in [-0.25, -0.2) is 16.8 Å². The van der Waals surface area contributed by atoms with E-state index in [1.165, 1.54) is 24.3 Å². The molecule has 6 nitrogen and oxygen atoms in total. The largest absolute Gasteiger partial charge is 2.00 e. The first-order chi connectivity index (χ1) is 18.9. The molecule has 4 rings (SSSR count). The smallest absolute Gasteiger partial charge is 0.744 e. The summed E-state index contributed by atoms with van der Waals surface area (Å²) in [6.45, 7) is 8.25. The average molecular weight is 623 g/mol. The molecular weight excluding hydrogens is 585 g/mol. The van der Waals surface area contributed by atoms with Gasteiger partial charge in [0.05, 0.1) is 9.79 Å². The molecule has 9 heteroatoms. The van der Waals surface area contributed by atoms with E-state index >= 15 is 0 Å². The standard InChI is InChI=1S/2C16H20O3S.Ca/c2*1-3-6-12-8-5-9-15-13(7-4-2)10-14(11-16(12)15)20(17,18)19;/h2*5,8-11H,3-4,6-7H2,1-2H3,(H,17,18,19);/q;;+2/p-2. The monoisotopic (exact) mass is 622 g/mol. The number of fused-ring (bicyclic) bond motifs is 2. The molecule has 0 aromatic heterocycles. The molecule has 0 unspecified atom stereocenters. The van der Waals surface area contributed by atoms with Crippen molar-refractivity contribution >= 4 is 79.5 Å². The second-order valence-electron chi connectivity index (χ2n) is 10.1. The molecule has 0 heterocycles. The summed E-state index contributed by atoms with van der Waals surface area (Å²) >= 11 is 0. The molecule has 0 N–H and O–H groups in total. The van der Waals surface area contributed by atoms with E-state index in [9.17, 15) is 25.9 Å². The topological polar surface area (TPSA) is 114 Å². The summed E-state index contributed by atoms with van der Waals surface area (Å²) in [4.78, 5) is -0.228. The van der Waals surface area contributed by atoms with E-state index in [-0.39, 0.29) is 47.5 Å². The quantitative estimate of drug-likeness (QED) is 0.140. The van der Waals surface area contributed by atoms with Gasteiger partial charge in [-0.2, -0.15) is 0 Å². The van der Waals surface area contributed by atoms with Crippen molar-refractivity contribution in [1.29, 1.82) is 0 Å². The Kier molecular flexibility index (Phi) is 13.8. The molecule has 0 amide bonds. The van der Waals surface area contributed by atoms with Gasteiger partial charge in [-0.1, -0.05) is 89.8 Å². The molecule has 4 aromatic carbocycles. The Labute approximate surface area is 275 Å². The fourth-order valence-electron chi connectivity index (χ4n) is 5.21. The molecule has 0 aliphatic rings. The molecule has 216 valence electrons. The van der Waals surface area contributed by atoms with E-state index in [0.717, 1.165) is 95.2 Å². The summed E-state index contributed by atoms with van der Waals surface area (Å²) in [5.74, 6) is 0. The third kappa shape index (κ3) is 9.23. The molecule has 0 spiro atoms. The fraction of sp³-hybridized carbons (Fsp3) is 0.375. The molecule has 0 fully saturated rings. The molecule has 4 aromatic rings. The van der Waals surface area contributed by atoms with Crippen LogP contribution in [-0.2, 0) is 45.9 Å². The predicted molar refractivity (Wildman–Crippen MR) is 166 cm³/mol. The Bertz CT molecular complexity index is 1570. The summed E-state index contributed by atoms with van der Waals surface area (Å²) in [6, 6.07) is 18.1. The number of benzene rings is 4. The van der Waals surface area contributed by atoms with E-state index in [0.29, 0.717) is 0 Å². The first-order valence-corrected chi connectivity index (χ1v) is 16.8. The van der Waals surface area contributed by atoms with Crippen LogP contribution in [0.1, 0.15) is 75.6 Å². The molecule has 0 aliphatic carbocycles. The first kappa shape index (κ1) is 35.7. The number of hydrogen-bond acceptors (Lipinski definition) is 6. The van der Waals surface area contributed by atoms with Crippen LogP contribution < -0.4 is 0 Å². The Morgan fingerprint density at radius 3 is 1.10 bits per heavy atom. The maximum Gasteiger partial charge on any atom is 2.00 e. The Balaban J connectivity index is 0.000000280. The van der Waals surface area contributed by atoms with Gasteiger partial charge in [0.25, 0.3) is 0 Å². The maximum absolute atomic E-state index is 11.3. The zero-order valence-electron chi connectivity index (χ0n) is 24.4. The van der Waals surface area contributed by atoms with Crippen LogP contribution in [0, 0.1) is 0 Å². The third-order valence-electron chi connectivity index (χ3n) is 6.95. The Hall–Kier alpha value is -1.52. The number of hydrogen-bond donors (Lipinski definition) is 0. The van der Waals surface area contributed by atoms with Crippen LogP contribution in [0.25, 0.3) is 21.5 Å². The van der Waals surface area contributed by atoms with Crippen LogP contribution in [-0.4, -0.2) is 63.7 Å². The van der Waals surface area contributed by atoms with Crippen molar-refractivity contribution < 1.29 is 25.9 Å². The summed E-state index contributed by atoms with van der Waals surface area (Å²) in [5.41, 5.74) is 4.09. The average Bonchev–Trinajstić information content (AvgIpc) is 2.89. The summed E-state index contributed by atoms with van der Waals surface area (Å²) in [5, 5.41) is 3.92. The number of aryl methyl sites for hydroxylation is 4. The van der Waals surface area contributed by atoms with Crippen LogP contribution in [0.2, 0.25) is 0 Å². The second-order valence-corrected chi connectivity index (χ2v) is 12.9. The normalized spacial score (nSPS) is 11.7. The van der Waals surface area contributed by atoms with Crippen LogP contribution in [0.4, 0.5) is 0 Å². The van der Waals surface area contributed by atoms with Gasteiger partial charge in [0, 0.05) is 0 Å². The van der Waals surface area contributed by atoms with Crippen LogP contribution in [0.3, 0.4) is 0 Å². The molecule has 0 aliphatic heterocycles. The summed E-state index contributed by atoms with van der Waals surface area (Å²) in [6.07, 6.45) is 7.10. The van der Waals surface area contributed by atoms with Crippen LogP contribution in [0.5, 0.6) is 0 Å². The van der Waals surface area contributed by atoms with Gasteiger partial charge in [-0.3, -0.25) is 0 Å². The predicted octanol–water partition coefficient (Wildman–Crippen LogP) is 6.92. The van der Waals surface area contributed by atoms with Gasteiger partial charge in [0.1, 0.15) is 20.2 Å². The summed E-state index contributed by atoms with van der Waals surface area (Å²) < 4.78 is 68.1. The molecule has 0 saturated heterocycles. The van der Waals surface area contributed by atoms with Gasteiger partial charge < -0.3 is 9.11 Å². The first-order valence-electron chi connectivity index (χ1n) is 13.9. The zero-order chi connectivity index (χ0) is 29.5. The van der Waals surface area contributed by atoms with Gasteiger partial charge in [0.15, 0.2) is 0 Å². The van der Waals surface area contributed by atoms with Gasteiger partial charge in [0.2, 0.25) is 0 Å². The summed E-state index contributed by atoms with van der Waals surface area (Å²) in [7, 11) is -8.83. The third-order valence-corrected chi connectivity index (χ3v) is 8.57. The van der Waals surface area contributed by atoms with E-state index in [2.05, 4.69) is 13.8 Å². The molecular formula is C32H38CaO6S2. The van der Waals surface area contributed by atoms with E-state index in [1.807, 2.05) is 50.2 Å². The minimum atomic E-state index is -4.42. The number of rotatable bonds is 10. The Morgan fingerprint density at radius 2 is 0.805 bits per heavy atom. The van der Waals surface area contributed by atoms with E-state index < -0.39 is 20.2 Å². The Morgan fingerprint density at radius 1 is 0.488 bits per heavy atom. The van der Waals surface area contributed by atoms with Crippen LogP contribution >= 0.6 is 0 Å². The fourth-order valence-corrected chi connectivity index (χ4v) is 6.31. The van der Waals surface area contributed by atoms with Gasteiger partial charge >= 0.3 is 37.7 Å².